The second kappa shape index (κ2) is 7.55. The number of nitrogens with zero attached hydrogens (tertiary/aromatic N) is 1. The Hall–Kier alpha value is -2.56. The molecule has 3 rings (SSSR count). The molecular weight excluding hydrogens is 319 g/mol. The van der Waals surface area contributed by atoms with Crippen LogP contribution in [0.1, 0.15) is 25.8 Å². The molecule has 2 aromatic rings. The van der Waals surface area contributed by atoms with Gasteiger partial charge in [-0.15, -0.1) is 0 Å². The number of carbonyl (C=O) groups is 1. The first-order valence-electron chi connectivity index (χ1n) is 8.64. The van der Waals surface area contributed by atoms with Crippen LogP contribution in [0.25, 0.3) is 0 Å². The van der Waals surface area contributed by atoms with Gasteiger partial charge in [0.1, 0.15) is 11.6 Å². The maximum atomic E-state index is 13.4. The zero-order valence-electron chi connectivity index (χ0n) is 14.6. The highest BCUT2D eigenvalue weighted by molar-refractivity contribution is 5.94. The third-order valence-corrected chi connectivity index (χ3v) is 4.48. The number of anilines is 2. The van der Waals surface area contributed by atoms with Gasteiger partial charge in [-0.1, -0.05) is 0 Å². The van der Waals surface area contributed by atoms with E-state index in [1.807, 2.05) is 36.1 Å². The van der Waals surface area contributed by atoms with Crippen LogP contribution in [0, 0.1) is 5.82 Å². The lowest BCUT2D eigenvalue weighted by Crippen LogP contribution is -2.42. The van der Waals surface area contributed by atoms with Crippen LogP contribution >= 0.6 is 0 Å². The molecule has 0 fully saturated rings. The van der Waals surface area contributed by atoms with E-state index in [2.05, 4.69) is 12.2 Å². The Balaban J connectivity index is 1.68. The summed E-state index contributed by atoms with van der Waals surface area (Å²) in [5.41, 5.74) is 2.64. The molecule has 0 aliphatic carbocycles. The molecule has 1 aliphatic heterocycles. The smallest absolute Gasteiger partial charge is 0.243 e. The zero-order chi connectivity index (χ0) is 17.8. The zero-order valence-corrected chi connectivity index (χ0v) is 14.6. The van der Waals surface area contributed by atoms with Crippen molar-refractivity contribution in [2.24, 2.45) is 0 Å². The number of amides is 1. The number of ether oxygens (including phenoxy) is 1. The Kier molecular flexibility index (Phi) is 5.22. The van der Waals surface area contributed by atoms with Gasteiger partial charge in [-0.2, -0.15) is 0 Å². The van der Waals surface area contributed by atoms with Crippen LogP contribution in [0.3, 0.4) is 0 Å². The van der Waals surface area contributed by atoms with Gasteiger partial charge < -0.3 is 15.0 Å². The van der Waals surface area contributed by atoms with Crippen molar-refractivity contribution < 1.29 is 13.9 Å². The van der Waals surface area contributed by atoms with Crippen molar-refractivity contribution in [2.45, 2.75) is 32.7 Å². The van der Waals surface area contributed by atoms with E-state index in [1.165, 1.54) is 6.07 Å². The summed E-state index contributed by atoms with van der Waals surface area (Å²) in [6.07, 6.45) is 1.75. The molecule has 0 radical (unpaired) electrons. The maximum absolute atomic E-state index is 13.4. The fourth-order valence-corrected chi connectivity index (χ4v) is 3.19. The number of hydrogen-bond donors (Lipinski definition) is 1. The van der Waals surface area contributed by atoms with Crippen molar-refractivity contribution >= 4 is 17.3 Å². The van der Waals surface area contributed by atoms with Crippen molar-refractivity contribution in [3.63, 3.8) is 0 Å². The number of benzene rings is 2. The minimum atomic E-state index is -0.230. The third kappa shape index (κ3) is 4.10. The highest BCUT2D eigenvalue weighted by Gasteiger charge is 2.25. The Morgan fingerprint density at radius 3 is 2.76 bits per heavy atom. The van der Waals surface area contributed by atoms with Crippen molar-refractivity contribution in [2.75, 3.05) is 23.4 Å². The van der Waals surface area contributed by atoms with Crippen molar-refractivity contribution in [3.8, 4) is 5.75 Å². The van der Waals surface area contributed by atoms with Crippen LogP contribution in [0.5, 0.6) is 5.75 Å². The molecule has 5 heteroatoms. The molecule has 0 saturated heterocycles. The topological polar surface area (TPSA) is 41.6 Å². The normalized spacial score (nSPS) is 16.3. The van der Waals surface area contributed by atoms with Crippen LogP contribution in [-0.4, -0.2) is 25.1 Å². The van der Waals surface area contributed by atoms with Crippen molar-refractivity contribution in [1.29, 1.82) is 0 Å². The Morgan fingerprint density at radius 2 is 2.04 bits per heavy atom. The number of rotatable bonds is 5. The molecule has 4 nitrogen and oxygen atoms in total. The van der Waals surface area contributed by atoms with Gasteiger partial charge in [0.15, 0.2) is 0 Å². The molecule has 1 unspecified atom stereocenters. The number of carbonyl (C=O) groups excluding carboxylic acids is 1. The van der Waals surface area contributed by atoms with Crippen molar-refractivity contribution in [1.82, 2.24) is 0 Å². The van der Waals surface area contributed by atoms with E-state index in [1.54, 1.807) is 12.1 Å². The van der Waals surface area contributed by atoms with E-state index in [9.17, 15) is 9.18 Å². The minimum Gasteiger partial charge on any atom is -0.494 e. The van der Waals surface area contributed by atoms with E-state index < -0.39 is 0 Å². The summed E-state index contributed by atoms with van der Waals surface area (Å²) < 4.78 is 18.8. The summed E-state index contributed by atoms with van der Waals surface area (Å²) in [4.78, 5) is 14.5. The first kappa shape index (κ1) is 17.3. The highest BCUT2D eigenvalue weighted by Crippen LogP contribution is 2.31. The molecule has 25 heavy (non-hydrogen) atoms. The number of nitrogens with one attached hydrogen (secondary N) is 1. The molecule has 0 spiro atoms. The molecule has 1 atom stereocenters. The first-order valence-corrected chi connectivity index (χ1v) is 8.64. The summed E-state index contributed by atoms with van der Waals surface area (Å²) in [6, 6.07) is 12.3. The first-order chi connectivity index (χ1) is 12.1. The van der Waals surface area contributed by atoms with Gasteiger partial charge in [0, 0.05) is 17.4 Å². The lowest BCUT2D eigenvalue weighted by atomic mass is 9.96. The number of fused-ring (bicyclic) bond motifs is 1. The lowest BCUT2D eigenvalue weighted by molar-refractivity contribution is -0.115. The maximum Gasteiger partial charge on any atom is 0.243 e. The van der Waals surface area contributed by atoms with Gasteiger partial charge in [-0.25, -0.2) is 4.39 Å². The third-order valence-electron chi connectivity index (χ3n) is 4.48. The van der Waals surface area contributed by atoms with Gasteiger partial charge in [0.05, 0.1) is 13.2 Å². The van der Waals surface area contributed by atoms with Crippen LogP contribution in [0.4, 0.5) is 15.8 Å². The average molecular weight is 342 g/mol. The summed E-state index contributed by atoms with van der Waals surface area (Å²) in [5.74, 6) is 0.460. The Labute approximate surface area is 147 Å². The molecule has 132 valence electrons. The van der Waals surface area contributed by atoms with Gasteiger partial charge in [-0.05, 0) is 74.7 Å². The predicted molar refractivity (Wildman–Crippen MR) is 97.8 cm³/mol. The molecular formula is C20H23FN2O2. The van der Waals surface area contributed by atoms with Gasteiger partial charge in [-0.3, -0.25) is 4.79 Å². The minimum absolute atomic E-state index is 0.0896. The standard InChI is InChI=1S/C20H23FN2O2/c1-3-25-18-9-7-17(8-10-18)22-20(24)13-23-14(2)4-5-15-12-16(21)6-11-19(15)23/h6-12,14H,3-5,13H2,1-2H3,(H,22,24). The van der Waals surface area contributed by atoms with Gasteiger partial charge in [0.2, 0.25) is 5.91 Å². The lowest BCUT2D eigenvalue weighted by Gasteiger charge is -2.36. The molecule has 0 bridgehead atoms. The molecule has 1 amide bonds. The SMILES string of the molecule is CCOc1ccc(NC(=O)CN2c3ccc(F)cc3CCC2C)cc1. The Bertz CT molecular complexity index is 746. The summed E-state index contributed by atoms with van der Waals surface area (Å²) in [5, 5.41) is 2.91. The van der Waals surface area contributed by atoms with Crippen LogP contribution in [0.2, 0.25) is 0 Å². The van der Waals surface area contributed by atoms with E-state index in [0.717, 1.165) is 35.5 Å². The molecule has 1 N–H and O–H groups in total. The quantitative estimate of drug-likeness (QED) is 0.893. The molecule has 1 heterocycles. The van der Waals surface area contributed by atoms with Crippen LogP contribution in [-0.2, 0) is 11.2 Å². The number of hydrogen-bond acceptors (Lipinski definition) is 3. The van der Waals surface area contributed by atoms with E-state index in [-0.39, 0.29) is 24.3 Å². The fraction of sp³-hybridized carbons (Fsp3) is 0.350. The molecule has 0 saturated carbocycles. The van der Waals surface area contributed by atoms with E-state index >= 15 is 0 Å². The molecule has 1 aliphatic rings. The Morgan fingerprint density at radius 1 is 1.28 bits per heavy atom. The summed E-state index contributed by atoms with van der Waals surface area (Å²) >= 11 is 0. The van der Waals surface area contributed by atoms with Gasteiger partial charge in [0.25, 0.3) is 0 Å². The molecule has 0 aromatic heterocycles. The van der Waals surface area contributed by atoms with E-state index in [4.69, 9.17) is 4.74 Å². The number of aryl methyl sites for hydroxylation is 1. The van der Waals surface area contributed by atoms with Crippen LogP contribution < -0.4 is 15.0 Å². The second-order valence-corrected chi connectivity index (χ2v) is 6.29. The van der Waals surface area contributed by atoms with Gasteiger partial charge >= 0.3 is 0 Å². The monoisotopic (exact) mass is 342 g/mol. The summed E-state index contributed by atoms with van der Waals surface area (Å²) in [7, 11) is 0. The fourth-order valence-electron chi connectivity index (χ4n) is 3.19. The highest BCUT2D eigenvalue weighted by atomic mass is 19.1. The predicted octanol–water partition coefficient (Wildman–Crippen LogP) is 4.00. The van der Waals surface area contributed by atoms with Crippen molar-refractivity contribution in [3.05, 3.63) is 53.8 Å². The summed E-state index contributed by atoms with van der Waals surface area (Å²) in [6.45, 7) is 4.88. The molecule has 2 aromatic carbocycles. The second-order valence-electron chi connectivity index (χ2n) is 6.29. The number of halogens is 1. The van der Waals surface area contributed by atoms with E-state index in [0.29, 0.717) is 6.61 Å². The largest absolute Gasteiger partial charge is 0.494 e. The van der Waals surface area contributed by atoms with Crippen LogP contribution in [0.15, 0.2) is 42.5 Å². The average Bonchev–Trinajstić information content (AvgIpc) is 2.59.